The van der Waals surface area contributed by atoms with Gasteiger partial charge in [-0.1, -0.05) is 106 Å². The summed E-state index contributed by atoms with van der Waals surface area (Å²) in [6.45, 7) is 0.358. The van der Waals surface area contributed by atoms with E-state index in [9.17, 15) is 0 Å². The molecule has 0 amide bonds. The van der Waals surface area contributed by atoms with Gasteiger partial charge in [0.2, 0.25) is 0 Å². The van der Waals surface area contributed by atoms with Crippen molar-refractivity contribution in [1.29, 1.82) is 0 Å². The Morgan fingerprint density at radius 1 is 0.481 bits per heavy atom. The first kappa shape index (κ1) is 33.1. The highest BCUT2D eigenvalue weighted by Gasteiger charge is 2.68. The first-order chi connectivity index (χ1) is 25.2. The summed E-state index contributed by atoms with van der Waals surface area (Å²) in [5.41, 5.74) is 13.8. The second-order valence-electron chi connectivity index (χ2n) is 13.6. The van der Waals surface area contributed by atoms with Crippen LogP contribution in [0.2, 0.25) is 30.1 Å². The zero-order chi connectivity index (χ0) is 35.5. The maximum atomic E-state index is 6.95. The number of halogens is 6. The van der Waals surface area contributed by atoms with Crippen molar-refractivity contribution in [1.82, 2.24) is 0 Å². The van der Waals surface area contributed by atoms with Crippen LogP contribution in [0.15, 0.2) is 109 Å². The molecule has 2 saturated heterocycles. The Kier molecular flexibility index (Phi) is 7.79. The molecular formula is C44H24Cl6O2. The molecule has 8 heteroatoms. The molecule has 2 nitrogen and oxygen atoms in total. The van der Waals surface area contributed by atoms with Gasteiger partial charge in [0.25, 0.3) is 0 Å². The van der Waals surface area contributed by atoms with E-state index in [1.807, 2.05) is 97.1 Å². The molecule has 6 aromatic carbocycles. The van der Waals surface area contributed by atoms with Crippen LogP contribution in [-0.2, 0) is 15.1 Å². The van der Waals surface area contributed by atoms with Crippen molar-refractivity contribution in [2.45, 2.75) is 17.8 Å². The van der Waals surface area contributed by atoms with Gasteiger partial charge in [0.1, 0.15) is 17.8 Å². The molecule has 4 aliphatic rings. The average Bonchev–Trinajstić information content (AvgIpc) is 3.47. The van der Waals surface area contributed by atoms with E-state index in [1.165, 1.54) is 0 Å². The quantitative estimate of drug-likeness (QED) is 0.166. The number of epoxide rings is 1. The van der Waals surface area contributed by atoms with E-state index in [0.717, 1.165) is 77.9 Å². The van der Waals surface area contributed by atoms with Crippen LogP contribution in [0.3, 0.4) is 0 Å². The van der Waals surface area contributed by atoms with E-state index < -0.39 is 5.60 Å². The zero-order valence-electron chi connectivity index (χ0n) is 27.0. The third kappa shape index (κ3) is 5.23. The molecule has 2 heterocycles. The molecule has 0 spiro atoms. The van der Waals surface area contributed by atoms with Crippen molar-refractivity contribution in [3.05, 3.63) is 184 Å². The topological polar surface area (TPSA) is 21.8 Å². The van der Waals surface area contributed by atoms with Crippen LogP contribution >= 0.6 is 69.6 Å². The Balaban J connectivity index is 1.10. The van der Waals surface area contributed by atoms with Gasteiger partial charge in [0.15, 0.2) is 0 Å². The summed E-state index contributed by atoms with van der Waals surface area (Å²) < 4.78 is 13.5. The van der Waals surface area contributed by atoms with Crippen molar-refractivity contribution in [2.24, 2.45) is 0 Å². The van der Waals surface area contributed by atoms with Crippen LogP contribution < -0.4 is 0 Å². The lowest BCUT2D eigenvalue weighted by atomic mass is 9.86. The molecule has 10 rings (SSSR count). The van der Waals surface area contributed by atoms with Crippen molar-refractivity contribution in [3.63, 3.8) is 0 Å². The molecule has 2 aliphatic heterocycles. The van der Waals surface area contributed by atoms with Crippen LogP contribution in [0.5, 0.6) is 0 Å². The van der Waals surface area contributed by atoms with Crippen LogP contribution in [0.4, 0.5) is 0 Å². The zero-order valence-corrected chi connectivity index (χ0v) is 31.5. The molecular weight excluding hydrogens is 773 g/mol. The lowest BCUT2D eigenvalue weighted by molar-refractivity contribution is 0.00851. The Hall–Kier alpha value is -3.54. The molecule has 0 radical (unpaired) electrons. The highest BCUT2D eigenvalue weighted by Crippen LogP contribution is 2.64. The van der Waals surface area contributed by atoms with Crippen LogP contribution in [-0.4, -0.2) is 12.7 Å². The maximum Gasteiger partial charge on any atom is 0.147 e. The van der Waals surface area contributed by atoms with Crippen molar-refractivity contribution < 1.29 is 9.47 Å². The van der Waals surface area contributed by atoms with Crippen LogP contribution in [0.25, 0.3) is 45.6 Å². The number of ether oxygens (including phenoxy) is 2. The molecule has 3 atom stereocenters. The summed E-state index contributed by atoms with van der Waals surface area (Å²) >= 11 is 39.5. The summed E-state index contributed by atoms with van der Waals surface area (Å²) in [6.07, 6.45) is 3.66. The predicted octanol–water partition coefficient (Wildman–Crippen LogP) is 14.1. The Morgan fingerprint density at radius 2 is 0.962 bits per heavy atom. The fraction of sp³-hybridized carbons (Fsp3) is 0.0909. The maximum absolute atomic E-state index is 6.95. The first-order valence-electron chi connectivity index (χ1n) is 16.7. The molecule has 0 saturated carbocycles. The Labute approximate surface area is 330 Å². The van der Waals surface area contributed by atoms with E-state index >= 15 is 0 Å². The Morgan fingerprint density at radius 3 is 1.52 bits per heavy atom. The summed E-state index contributed by atoms with van der Waals surface area (Å²) in [4.78, 5) is 0. The molecule has 0 bridgehead atoms. The third-order valence-corrected chi connectivity index (χ3v) is 11.9. The van der Waals surface area contributed by atoms with Gasteiger partial charge in [0.05, 0.1) is 6.61 Å². The molecule has 0 unspecified atom stereocenters. The lowest BCUT2D eigenvalue weighted by Crippen LogP contribution is -2.14. The summed E-state index contributed by atoms with van der Waals surface area (Å²) in [5.74, 6) is 0. The number of hydrogen-bond donors (Lipinski definition) is 0. The molecule has 6 aromatic rings. The normalized spacial score (nSPS) is 22.0. The van der Waals surface area contributed by atoms with Gasteiger partial charge in [-0.25, -0.2) is 0 Å². The summed E-state index contributed by atoms with van der Waals surface area (Å²) in [6, 6.07) is 35.7. The summed E-state index contributed by atoms with van der Waals surface area (Å²) in [7, 11) is 0. The van der Waals surface area contributed by atoms with Gasteiger partial charge in [-0.2, -0.15) is 0 Å². The van der Waals surface area contributed by atoms with Gasteiger partial charge in [-0.15, -0.1) is 0 Å². The number of hydrogen-bond acceptors (Lipinski definition) is 2. The van der Waals surface area contributed by atoms with E-state index in [-0.39, 0.29) is 12.2 Å². The molecule has 0 aromatic heterocycles. The first-order valence-corrected chi connectivity index (χ1v) is 19.0. The van der Waals surface area contributed by atoms with Crippen molar-refractivity contribution >= 4 is 92.9 Å². The lowest BCUT2D eigenvalue weighted by Gasteiger charge is -2.18. The molecule has 2 aliphatic carbocycles. The minimum absolute atomic E-state index is 0.266. The van der Waals surface area contributed by atoms with E-state index in [1.54, 1.807) is 0 Å². The smallest absolute Gasteiger partial charge is 0.147 e. The molecule has 2 fully saturated rings. The third-order valence-electron chi connectivity index (χ3n) is 10.5. The molecule has 0 N–H and O–H groups in total. The second kappa shape index (κ2) is 12.2. The molecule has 254 valence electrons. The monoisotopic (exact) mass is 794 g/mol. The van der Waals surface area contributed by atoms with Gasteiger partial charge < -0.3 is 9.47 Å². The molecule has 52 heavy (non-hydrogen) atoms. The number of rotatable bonds is 4. The van der Waals surface area contributed by atoms with Crippen LogP contribution in [0, 0.1) is 0 Å². The predicted molar refractivity (Wildman–Crippen MR) is 216 cm³/mol. The minimum atomic E-state index is -0.703. The van der Waals surface area contributed by atoms with Gasteiger partial charge in [0, 0.05) is 30.1 Å². The van der Waals surface area contributed by atoms with Gasteiger partial charge >= 0.3 is 0 Å². The van der Waals surface area contributed by atoms with Crippen LogP contribution in [0.1, 0.15) is 50.6 Å². The van der Waals surface area contributed by atoms with E-state index in [4.69, 9.17) is 79.1 Å². The van der Waals surface area contributed by atoms with Crippen molar-refractivity contribution in [2.75, 3.05) is 6.61 Å². The second-order valence-corrected chi connectivity index (χ2v) is 16.2. The average molecular weight is 797 g/mol. The van der Waals surface area contributed by atoms with Crippen molar-refractivity contribution in [3.8, 4) is 22.3 Å². The Bertz CT molecular complexity index is 2570. The van der Waals surface area contributed by atoms with E-state index in [2.05, 4.69) is 24.3 Å². The van der Waals surface area contributed by atoms with Gasteiger partial charge in [-0.3, -0.25) is 0 Å². The summed E-state index contributed by atoms with van der Waals surface area (Å²) in [5, 5.41) is 3.91. The standard InChI is InChI=1S/C44H24Cl6O2/c45-24-5-1-22(2-6-24)13-32-34-15-26(47)9-11-30(34)40-36(32)17-28(49)19-38(40)42-43-44(52-43,21-51-42)39-20-29(50)18-37-33(14-23-3-7-25(46)8-4-23)35-16-27(48)10-12-31(35)41(37)39/h1-20,42-43H,21H2/b32-13-,33-14-/t42-,43+,44+/m0/s1. The number of benzene rings is 6. The number of fused-ring (bicyclic) bond motifs is 7. The minimum Gasteiger partial charge on any atom is -0.367 e. The SMILES string of the molecule is Clc1ccc(/C=C2/c3cc(Cl)ccc3-c3c2cc(Cl)cc3[C@@H]2OC[C@]3(c4cc(Cl)cc5c4-c4ccc(Cl)cc4/C5=C/c4ccc(Cl)cc4)O[C@H]23)cc1. The fourth-order valence-corrected chi connectivity index (χ4v) is 9.28. The van der Waals surface area contributed by atoms with E-state index in [0.29, 0.717) is 36.7 Å². The largest absolute Gasteiger partial charge is 0.367 e. The fourth-order valence-electron chi connectivity index (χ4n) is 8.24. The highest BCUT2D eigenvalue weighted by atomic mass is 35.5. The van der Waals surface area contributed by atoms with Gasteiger partial charge in [-0.05, 0) is 163 Å². The highest BCUT2D eigenvalue weighted by molar-refractivity contribution is 6.33.